The van der Waals surface area contributed by atoms with Gasteiger partial charge in [-0.25, -0.2) is 9.69 Å². The second-order valence-corrected chi connectivity index (χ2v) is 5.39. The van der Waals surface area contributed by atoms with E-state index in [0.717, 1.165) is 4.90 Å². The number of benzene rings is 1. The Morgan fingerprint density at radius 1 is 1.25 bits per heavy atom. The van der Waals surface area contributed by atoms with Crippen LogP contribution in [0.3, 0.4) is 0 Å². The van der Waals surface area contributed by atoms with Crippen molar-refractivity contribution in [3.05, 3.63) is 28.8 Å². The zero-order valence-electron chi connectivity index (χ0n) is 12.7. The summed E-state index contributed by atoms with van der Waals surface area (Å²) < 4.78 is 0. The van der Waals surface area contributed by atoms with Crippen LogP contribution in [0.5, 0.6) is 0 Å². The van der Waals surface area contributed by atoms with Crippen LogP contribution >= 0.6 is 11.6 Å². The minimum Gasteiger partial charge on any atom is -0.324 e. The van der Waals surface area contributed by atoms with Gasteiger partial charge in [0, 0.05) is 12.2 Å². The van der Waals surface area contributed by atoms with Crippen molar-refractivity contribution in [1.82, 2.24) is 9.80 Å². The monoisotopic (exact) mass is 348 g/mol. The van der Waals surface area contributed by atoms with Gasteiger partial charge in [0.25, 0.3) is 0 Å². The van der Waals surface area contributed by atoms with E-state index in [9.17, 15) is 19.2 Å². The highest BCUT2D eigenvalue weighted by molar-refractivity contribution is 6.45. The molecule has 124 valence electrons. The Balaban J connectivity index is 2.06. The van der Waals surface area contributed by atoms with Crippen LogP contribution in [0.25, 0.3) is 0 Å². The predicted molar refractivity (Wildman–Crippen MR) is 83.9 cm³/mol. The van der Waals surface area contributed by atoms with Crippen LogP contribution < -0.4 is 5.32 Å². The van der Waals surface area contributed by atoms with Crippen LogP contribution in [-0.4, -0.2) is 46.6 Å². The number of halogens is 1. The number of nitriles is 1. The molecule has 0 unspecified atom stereocenters. The number of carbonyl (C=O) groups excluding carboxylic acids is 4. The SMILES string of the molecule is CCCN1C(=O)C(=O)N(CC(=O)Nc2ccc(C#N)c(Cl)c2)C1=O. The minimum atomic E-state index is -1.03. The minimum absolute atomic E-state index is 0.118. The molecule has 1 aliphatic heterocycles. The number of hydrogen-bond acceptors (Lipinski definition) is 5. The van der Waals surface area contributed by atoms with Gasteiger partial charge in [-0.05, 0) is 24.6 Å². The number of hydrogen-bond donors (Lipinski definition) is 1. The molecule has 1 heterocycles. The number of nitrogens with one attached hydrogen (secondary N) is 1. The second kappa shape index (κ2) is 7.10. The second-order valence-electron chi connectivity index (χ2n) is 4.99. The van der Waals surface area contributed by atoms with Gasteiger partial charge in [0.05, 0.1) is 10.6 Å². The number of imide groups is 2. The van der Waals surface area contributed by atoms with Gasteiger partial charge in [-0.2, -0.15) is 5.26 Å². The maximum absolute atomic E-state index is 12.0. The highest BCUT2D eigenvalue weighted by Gasteiger charge is 2.44. The number of urea groups is 1. The molecule has 5 amide bonds. The Morgan fingerprint density at radius 3 is 2.50 bits per heavy atom. The smallest absolute Gasteiger partial charge is 0.324 e. The molecule has 1 N–H and O–H groups in total. The van der Waals surface area contributed by atoms with Gasteiger partial charge in [-0.3, -0.25) is 19.3 Å². The lowest BCUT2D eigenvalue weighted by atomic mass is 10.2. The molecule has 0 atom stereocenters. The molecule has 9 heteroatoms. The summed E-state index contributed by atoms with van der Waals surface area (Å²) in [5, 5.41) is 11.4. The molecule has 0 spiro atoms. The number of nitrogens with zero attached hydrogens (tertiary/aromatic N) is 3. The van der Waals surface area contributed by atoms with Crippen molar-refractivity contribution in [2.24, 2.45) is 0 Å². The molecule has 1 aliphatic rings. The van der Waals surface area contributed by atoms with Crippen molar-refractivity contribution in [3.8, 4) is 6.07 Å². The first-order valence-electron chi connectivity index (χ1n) is 7.05. The van der Waals surface area contributed by atoms with Gasteiger partial charge in [0.1, 0.15) is 12.6 Å². The van der Waals surface area contributed by atoms with Crippen molar-refractivity contribution >= 4 is 41.0 Å². The summed E-state index contributed by atoms with van der Waals surface area (Å²) in [5.74, 6) is -2.62. The summed E-state index contributed by atoms with van der Waals surface area (Å²) in [4.78, 5) is 48.9. The molecule has 1 aromatic rings. The molecule has 1 fully saturated rings. The van der Waals surface area contributed by atoms with E-state index >= 15 is 0 Å². The summed E-state index contributed by atoms with van der Waals surface area (Å²) >= 11 is 5.86. The Hall–Kier alpha value is -2.92. The van der Waals surface area contributed by atoms with Gasteiger partial charge >= 0.3 is 17.8 Å². The lowest BCUT2D eigenvalue weighted by Crippen LogP contribution is -2.39. The number of carbonyl (C=O) groups is 4. The van der Waals surface area contributed by atoms with Crippen molar-refractivity contribution in [2.45, 2.75) is 13.3 Å². The first kappa shape index (κ1) is 17.4. The third-order valence-corrected chi connectivity index (χ3v) is 3.57. The number of amides is 5. The van der Waals surface area contributed by atoms with Crippen molar-refractivity contribution < 1.29 is 19.2 Å². The van der Waals surface area contributed by atoms with Crippen LogP contribution in [0.15, 0.2) is 18.2 Å². The summed E-state index contributed by atoms with van der Waals surface area (Å²) in [6.07, 6.45) is 0.508. The lowest BCUT2D eigenvalue weighted by Gasteiger charge is -2.14. The first-order valence-corrected chi connectivity index (χ1v) is 7.43. The van der Waals surface area contributed by atoms with E-state index in [1.165, 1.54) is 18.2 Å². The van der Waals surface area contributed by atoms with E-state index in [0.29, 0.717) is 17.0 Å². The molecule has 0 saturated carbocycles. The number of rotatable bonds is 5. The van der Waals surface area contributed by atoms with Gasteiger partial charge in [0.2, 0.25) is 5.91 Å². The Morgan fingerprint density at radius 2 is 1.92 bits per heavy atom. The standard InChI is InChI=1S/C15H13ClN4O4/c1-2-5-19-13(22)14(23)20(15(19)24)8-12(21)18-10-4-3-9(7-17)11(16)6-10/h3-4,6H,2,5,8H2,1H3,(H,18,21). The molecule has 0 aliphatic carbocycles. The average Bonchev–Trinajstić information content (AvgIpc) is 2.73. The molecule has 24 heavy (non-hydrogen) atoms. The summed E-state index contributed by atoms with van der Waals surface area (Å²) in [5.41, 5.74) is 0.556. The Labute approximate surface area is 142 Å². The van der Waals surface area contributed by atoms with E-state index in [2.05, 4.69) is 5.32 Å². The largest absolute Gasteiger partial charge is 0.334 e. The summed E-state index contributed by atoms with van der Waals surface area (Å²) in [6.45, 7) is 1.29. The Bertz CT molecular complexity index is 771. The molecule has 1 saturated heterocycles. The molecule has 0 radical (unpaired) electrons. The maximum Gasteiger partial charge on any atom is 0.334 e. The van der Waals surface area contributed by atoms with Crippen molar-refractivity contribution in [3.63, 3.8) is 0 Å². The summed E-state index contributed by atoms with van der Waals surface area (Å²) in [6, 6.07) is 5.34. The van der Waals surface area contributed by atoms with E-state index in [4.69, 9.17) is 16.9 Å². The van der Waals surface area contributed by atoms with E-state index < -0.39 is 30.3 Å². The van der Waals surface area contributed by atoms with Crippen LogP contribution in [0, 0.1) is 11.3 Å². The van der Waals surface area contributed by atoms with E-state index in [1.807, 2.05) is 6.07 Å². The fourth-order valence-electron chi connectivity index (χ4n) is 2.14. The fourth-order valence-corrected chi connectivity index (χ4v) is 2.36. The van der Waals surface area contributed by atoms with Crippen LogP contribution in [0.4, 0.5) is 10.5 Å². The van der Waals surface area contributed by atoms with Gasteiger partial charge in [-0.1, -0.05) is 18.5 Å². The molecule has 1 aromatic carbocycles. The normalized spacial score (nSPS) is 14.1. The van der Waals surface area contributed by atoms with E-state index in [1.54, 1.807) is 6.92 Å². The van der Waals surface area contributed by atoms with Gasteiger partial charge in [-0.15, -0.1) is 0 Å². The van der Waals surface area contributed by atoms with Crippen LogP contribution in [-0.2, 0) is 14.4 Å². The van der Waals surface area contributed by atoms with Crippen molar-refractivity contribution in [1.29, 1.82) is 5.26 Å². The average molecular weight is 349 g/mol. The molecule has 0 bridgehead atoms. The highest BCUT2D eigenvalue weighted by Crippen LogP contribution is 2.20. The van der Waals surface area contributed by atoms with Gasteiger partial charge < -0.3 is 5.32 Å². The zero-order valence-corrected chi connectivity index (χ0v) is 13.5. The third kappa shape index (κ3) is 3.36. The van der Waals surface area contributed by atoms with E-state index in [-0.39, 0.29) is 17.1 Å². The Kier molecular flexibility index (Phi) is 5.16. The predicted octanol–water partition coefficient (Wildman–Crippen LogP) is 1.35. The zero-order chi connectivity index (χ0) is 17.9. The molecule has 0 aromatic heterocycles. The lowest BCUT2D eigenvalue weighted by molar-refractivity contribution is -0.143. The third-order valence-electron chi connectivity index (χ3n) is 3.26. The van der Waals surface area contributed by atoms with Crippen LogP contribution in [0.2, 0.25) is 5.02 Å². The van der Waals surface area contributed by atoms with Crippen molar-refractivity contribution in [2.75, 3.05) is 18.4 Å². The molecule has 8 nitrogen and oxygen atoms in total. The molecular formula is C15H13ClN4O4. The summed E-state index contributed by atoms with van der Waals surface area (Å²) in [7, 11) is 0. The van der Waals surface area contributed by atoms with Gasteiger partial charge in [0.15, 0.2) is 0 Å². The quantitative estimate of drug-likeness (QED) is 0.637. The maximum atomic E-state index is 12.0. The highest BCUT2D eigenvalue weighted by atomic mass is 35.5. The fraction of sp³-hybridized carbons (Fsp3) is 0.267. The molecule has 2 rings (SSSR count). The van der Waals surface area contributed by atoms with Crippen LogP contribution in [0.1, 0.15) is 18.9 Å². The first-order chi connectivity index (χ1) is 11.4. The molecular weight excluding hydrogens is 336 g/mol. The number of anilines is 1. The topological polar surface area (TPSA) is 111 Å².